The Kier molecular flexibility index (Phi) is 5.94. The number of carbonyl (C=O) groups excluding carboxylic acids is 1. The van der Waals surface area contributed by atoms with Crippen molar-refractivity contribution in [1.29, 1.82) is 0 Å². The number of aliphatic hydroxyl groups is 1. The molecule has 0 unspecified atom stereocenters. The minimum absolute atomic E-state index is 0.0571. The molecule has 1 aromatic rings. The van der Waals surface area contributed by atoms with Gasteiger partial charge in [0.2, 0.25) is 0 Å². The fourth-order valence-corrected chi connectivity index (χ4v) is 1.67. The van der Waals surface area contributed by atoms with Crippen molar-refractivity contribution in [3.63, 3.8) is 0 Å². The predicted octanol–water partition coefficient (Wildman–Crippen LogP) is 1.97. The molecule has 0 aliphatic heterocycles. The second kappa shape index (κ2) is 7.25. The van der Waals surface area contributed by atoms with Crippen LogP contribution in [0.5, 0.6) is 0 Å². The van der Waals surface area contributed by atoms with E-state index in [0.29, 0.717) is 17.3 Å². The molecule has 0 aliphatic rings. The van der Waals surface area contributed by atoms with Crippen molar-refractivity contribution >= 4 is 17.5 Å². The predicted molar refractivity (Wildman–Crippen MR) is 67.1 cm³/mol. The summed E-state index contributed by atoms with van der Waals surface area (Å²) < 4.78 is 0. The van der Waals surface area contributed by atoms with Crippen molar-refractivity contribution in [3.8, 4) is 0 Å². The van der Waals surface area contributed by atoms with Gasteiger partial charge in [-0.1, -0.05) is 11.6 Å². The van der Waals surface area contributed by atoms with Crippen molar-refractivity contribution in [2.45, 2.75) is 19.3 Å². The lowest BCUT2D eigenvalue weighted by Crippen LogP contribution is -2.27. The van der Waals surface area contributed by atoms with Crippen molar-refractivity contribution in [2.24, 2.45) is 0 Å². The first-order valence-corrected chi connectivity index (χ1v) is 6.01. The first kappa shape index (κ1) is 13.9. The molecular formula is C12H17ClN2O2. The van der Waals surface area contributed by atoms with E-state index in [4.69, 9.17) is 16.7 Å². The average molecular weight is 257 g/mol. The van der Waals surface area contributed by atoms with Crippen LogP contribution in [0.3, 0.4) is 0 Å². The third-order valence-corrected chi connectivity index (χ3v) is 2.68. The summed E-state index contributed by atoms with van der Waals surface area (Å²) in [5.41, 5.74) is 0.551. The summed E-state index contributed by atoms with van der Waals surface area (Å²) in [5, 5.41) is 8.97. The van der Waals surface area contributed by atoms with E-state index in [9.17, 15) is 4.79 Å². The highest BCUT2D eigenvalue weighted by Crippen LogP contribution is 2.09. The van der Waals surface area contributed by atoms with Crippen LogP contribution in [0.1, 0.15) is 29.6 Å². The molecule has 0 saturated heterocycles. The molecule has 5 heteroatoms. The number of amides is 1. The molecule has 1 aromatic heterocycles. The first-order chi connectivity index (χ1) is 8.15. The number of carbonyl (C=O) groups is 1. The van der Waals surface area contributed by atoms with Gasteiger partial charge < -0.3 is 10.0 Å². The van der Waals surface area contributed by atoms with Crippen molar-refractivity contribution in [3.05, 3.63) is 29.0 Å². The van der Waals surface area contributed by atoms with E-state index in [1.54, 1.807) is 24.1 Å². The maximum atomic E-state index is 12.0. The molecule has 0 spiro atoms. The molecule has 0 saturated carbocycles. The zero-order chi connectivity index (χ0) is 12.7. The highest BCUT2D eigenvalue weighted by Gasteiger charge is 2.11. The summed E-state index contributed by atoms with van der Waals surface area (Å²) in [5.74, 6) is -0.0571. The maximum absolute atomic E-state index is 12.0. The molecule has 94 valence electrons. The average Bonchev–Trinajstić information content (AvgIpc) is 2.33. The SMILES string of the molecule is CN(CCCCCO)C(=O)c1ccnc(Cl)c1. The van der Waals surface area contributed by atoms with Crippen molar-refractivity contribution in [2.75, 3.05) is 20.2 Å². The van der Waals surface area contributed by atoms with Crippen LogP contribution in [-0.4, -0.2) is 41.1 Å². The third kappa shape index (κ3) is 4.71. The summed E-state index contributed by atoms with van der Waals surface area (Å²) in [6.07, 6.45) is 4.12. The van der Waals surface area contributed by atoms with Gasteiger partial charge in [0.15, 0.2) is 0 Å². The molecule has 0 aliphatic carbocycles. The standard InChI is InChI=1S/C12H17ClN2O2/c1-15(7-3-2-4-8-16)12(17)10-5-6-14-11(13)9-10/h5-6,9,16H,2-4,7-8H2,1H3. The molecule has 17 heavy (non-hydrogen) atoms. The molecule has 1 amide bonds. The lowest BCUT2D eigenvalue weighted by atomic mass is 10.2. The third-order valence-electron chi connectivity index (χ3n) is 2.47. The minimum Gasteiger partial charge on any atom is -0.396 e. The quantitative estimate of drug-likeness (QED) is 0.625. The van der Waals surface area contributed by atoms with Gasteiger partial charge in [-0.15, -0.1) is 0 Å². The van der Waals surface area contributed by atoms with Crippen LogP contribution in [0, 0.1) is 0 Å². The Labute approximate surface area is 106 Å². The molecule has 0 bridgehead atoms. The van der Waals surface area contributed by atoms with Gasteiger partial charge in [-0.25, -0.2) is 4.98 Å². The highest BCUT2D eigenvalue weighted by atomic mass is 35.5. The molecule has 0 atom stereocenters. The summed E-state index contributed by atoms with van der Waals surface area (Å²) in [6, 6.07) is 3.21. The van der Waals surface area contributed by atoms with Crippen molar-refractivity contribution < 1.29 is 9.90 Å². The number of halogens is 1. The summed E-state index contributed by atoms with van der Waals surface area (Å²) >= 11 is 5.73. The highest BCUT2D eigenvalue weighted by molar-refractivity contribution is 6.29. The Hall–Kier alpha value is -1.13. The van der Waals surface area contributed by atoms with E-state index < -0.39 is 0 Å². The lowest BCUT2D eigenvalue weighted by molar-refractivity contribution is 0.0792. The molecule has 0 radical (unpaired) electrons. The molecule has 1 rings (SSSR count). The number of nitrogens with zero attached hydrogens (tertiary/aromatic N) is 2. The van der Waals surface area contributed by atoms with Gasteiger partial charge in [-0.3, -0.25) is 4.79 Å². The fraction of sp³-hybridized carbons (Fsp3) is 0.500. The zero-order valence-corrected chi connectivity index (χ0v) is 10.7. The zero-order valence-electron chi connectivity index (χ0n) is 9.90. The maximum Gasteiger partial charge on any atom is 0.253 e. The van der Waals surface area contributed by atoms with Gasteiger partial charge in [0, 0.05) is 32.0 Å². The number of aromatic nitrogens is 1. The van der Waals surface area contributed by atoms with Gasteiger partial charge in [-0.2, -0.15) is 0 Å². The van der Waals surface area contributed by atoms with Gasteiger partial charge >= 0.3 is 0 Å². The number of aliphatic hydroxyl groups excluding tert-OH is 1. The molecule has 1 N–H and O–H groups in total. The molecule has 0 fully saturated rings. The van der Waals surface area contributed by atoms with E-state index in [1.165, 1.54) is 6.20 Å². The van der Waals surface area contributed by atoms with Gasteiger partial charge in [0.25, 0.3) is 5.91 Å². The largest absolute Gasteiger partial charge is 0.396 e. The smallest absolute Gasteiger partial charge is 0.253 e. The second-order valence-corrected chi connectivity index (χ2v) is 4.27. The second-order valence-electron chi connectivity index (χ2n) is 3.88. The normalized spacial score (nSPS) is 10.3. The number of hydrogen-bond acceptors (Lipinski definition) is 3. The summed E-state index contributed by atoms with van der Waals surface area (Å²) in [7, 11) is 1.76. The number of hydrogen-bond donors (Lipinski definition) is 1. The van der Waals surface area contributed by atoms with Crippen LogP contribution >= 0.6 is 11.6 Å². The van der Waals surface area contributed by atoms with Crippen LogP contribution in [0.25, 0.3) is 0 Å². The lowest BCUT2D eigenvalue weighted by Gasteiger charge is -2.16. The van der Waals surface area contributed by atoms with Crippen LogP contribution in [-0.2, 0) is 0 Å². The Balaban J connectivity index is 2.46. The van der Waals surface area contributed by atoms with E-state index in [0.717, 1.165) is 19.3 Å². The summed E-state index contributed by atoms with van der Waals surface area (Å²) in [4.78, 5) is 17.4. The monoisotopic (exact) mass is 256 g/mol. The van der Waals surface area contributed by atoms with Gasteiger partial charge in [0.1, 0.15) is 5.15 Å². The summed E-state index contributed by atoms with van der Waals surface area (Å²) in [6.45, 7) is 0.885. The topological polar surface area (TPSA) is 53.4 Å². The molecule has 1 heterocycles. The van der Waals surface area contributed by atoms with Crippen LogP contribution in [0.2, 0.25) is 5.15 Å². The molecule has 4 nitrogen and oxygen atoms in total. The number of rotatable bonds is 6. The fourth-order valence-electron chi connectivity index (χ4n) is 1.49. The van der Waals surface area contributed by atoms with E-state index >= 15 is 0 Å². The Bertz CT molecular complexity index is 371. The van der Waals surface area contributed by atoms with Gasteiger partial charge in [0.05, 0.1) is 0 Å². The van der Waals surface area contributed by atoms with E-state index in [-0.39, 0.29) is 12.5 Å². The van der Waals surface area contributed by atoms with Crippen molar-refractivity contribution in [1.82, 2.24) is 9.88 Å². The van der Waals surface area contributed by atoms with Crippen LogP contribution in [0.15, 0.2) is 18.3 Å². The Morgan fingerprint density at radius 3 is 2.88 bits per heavy atom. The van der Waals surface area contributed by atoms with Crippen LogP contribution < -0.4 is 0 Å². The van der Waals surface area contributed by atoms with Gasteiger partial charge in [-0.05, 0) is 31.4 Å². The Morgan fingerprint density at radius 1 is 1.47 bits per heavy atom. The number of unbranched alkanes of at least 4 members (excludes halogenated alkanes) is 2. The first-order valence-electron chi connectivity index (χ1n) is 5.63. The molecular weight excluding hydrogens is 240 g/mol. The molecule has 0 aromatic carbocycles. The van der Waals surface area contributed by atoms with E-state index in [1.807, 2.05) is 0 Å². The number of pyridine rings is 1. The van der Waals surface area contributed by atoms with Crippen LogP contribution in [0.4, 0.5) is 0 Å². The van der Waals surface area contributed by atoms with E-state index in [2.05, 4.69) is 4.98 Å². The Morgan fingerprint density at radius 2 is 2.24 bits per heavy atom. The minimum atomic E-state index is -0.0571.